The maximum atomic E-state index is 10.5. The fraction of sp³-hybridized carbons (Fsp3) is 0.389. The first-order valence-corrected chi connectivity index (χ1v) is 10.1. The number of aromatic nitrogens is 3. The molecule has 1 fully saturated rings. The summed E-state index contributed by atoms with van der Waals surface area (Å²) >= 11 is 7.68. The smallest absolute Gasteiger partial charge is 0.219 e. The normalized spacial score (nSPS) is 18.4. The number of aromatic hydroxyl groups is 1. The molecule has 0 aliphatic carbocycles. The Balaban J connectivity index is 1.48. The maximum absolute atomic E-state index is 10.5. The minimum absolute atomic E-state index is 0.133. The first-order chi connectivity index (χ1) is 13.1. The standard InChI is InChI=1S/C18H20ClN5O2S/c1-23-17(25)15(8-12-10-20-16-14(12)9-13(19)11-21-16)22-18(23)27-7-4-24-2-5-26-6-3-24/h8-11,25H,2-7H2,1H3/b12-8-. The minimum atomic E-state index is 0.133. The van der Waals surface area contributed by atoms with E-state index in [1.165, 1.54) is 0 Å². The van der Waals surface area contributed by atoms with Gasteiger partial charge in [-0.1, -0.05) is 23.4 Å². The van der Waals surface area contributed by atoms with E-state index in [9.17, 15) is 5.11 Å². The van der Waals surface area contributed by atoms with E-state index in [0.29, 0.717) is 16.5 Å². The molecule has 0 unspecified atom stereocenters. The van der Waals surface area contributed by atoms with E-state index in [1.54, 1.807) is 28.7 Å². The van der Waals surface area contributed by atoms with Crippen molar-refractivity contribution in [1.29, 1.82) is 0 Å². The van der Waals surface area contributed by atoms with Crippen molar-refractivity contribution >= 4 is 47.0 Å². The largest absolute Gasteiger partial charge is 0.493 e. The summed E-state index contributed by atoms with van der Waals surface area (Å²) in [6, 6.07) is 1.82. The third kappa shape index (κ3) is 4.03. The molecule has 0 bridgehead atoms. The number of morpholine rings is 1. The molecule has 0 aromatic carbocycles. The van der Waals surface area contributed by atoms with E-state index in [1.807, 2.05) is 19.2 Å². The summed E-state index contributed by atoms with van der Waals surface area (Å²) in [7, 11) is 1.82. The summed E-state index contributed by atoms with van der Waals surface area (Å²) in [5, 5.41) is 11.8. The molecule has 0 amide bonds. The molecule has 1 saturated heterocycles. The number of pyridine rings is 1. The number of ether oxygens (including phenoxy) is 1. The lowest BCUT2D eigenvalue weighted by atomic mass is 10.1. The van der Waals surface area contributed by atoms with Gasteiger partial charge in [-0.25, -0.2) is 15.0 Å². The van der Waals surface area contributed by atoms with Gasteiger partial charge < -0.3 is 9.84 Å². The average molecular weight is 406 g/mol. The highest BCUT2D eigenvalue weighted by atomic mass is 35.5. The molecule has 0 spiro atoms. The van der Waals surface area contributed by atoms with Crippen molar-refractivity contribution < 1.29 is 9.84 Å². The summed E-state index contributed by atoms with van der Waals surface area (Å²) < 4.78 is 7.08. The van der Waals surface area contributed by atoms with E-state index in [2.05, 4.69) is 19.9 Å². The van der Waals surface area contributed by atoms with E-state index >= 15 is 0 Å². The molecule has 4 rings (SSSR count). The van der Waals surface area contributed by atoms with Crippen molar-refractivity contribution in [3.63, 3.8) is 0 Å². The monoisotopic (exact) mass is 405 g/mol. The molecular formula is C18H20ClN5O2S. The van der Waals surface area contributed by atoms with Gasteiger partial charge in [-0.3, -0.25) is 9.47 Å². The first-order valence-electron chi connectivity index (χ1n) is 8.72. The molecule has 27 heavy (non-hydrogen) atoms. The van der Waals surface area contributed by atoms with Gasteiger partial charge in [-0.2, -0.15) is 0 Å². The number of thioether (sulfide) groups is 1. The number of imidazole rings is 1. The number of allylic oxidation sites excluding steroid dienone is 1. The van der Waals surface area contributed by atoms with E-state index in [4.69, 9.17) is 16.3 Å². The molecule has 2 aromatic rings. The lowest BCUT2D eigenvalue weighted by Gasteiger charge is -2.26. The van der Waals surface area contributed by atoms with Crippen molar-refractivity contribution in [2.45, 2.75) is 5.16 Å². The van der Waals surface area contributed by atoms with Crippen molar-refractivity contribution in [3.8, 4) is 5.88 Å². The van der Waals surface area contributed by atoms with Gasteiger partial charge in [0.05, 0.1) is 18.2 Å². The molecule has 2 aromatic heterocycles. The third-order valence-corrected chi connectivity index (χ3v) is 5.77. The second-order valence-corrected chi connectivity index (χ2v) is 7.85. The Bertz CT molecular complexity index is 905. The summed E-state index contributed by atoms with van der Waals surface area (Å²) in [5.74, 6) is 1.67. The van der Waals surface area contributed by atoms with Crippen LogP contribution in [0.3, 0.4) is 0 Å². The van der Waals surface area contributed by atoms with Gasteiger partial charge in [0.15, 0.2) is 11.0 Å². The number of hydrogen-bond donors (Lipinski definition) is 1. The minimum Gasteiger partial charge on any atom is -0.493 e. The SMILES string of the molecule is Cn1c(SCCN2CCOCC2)nc(/C=C2/C=Nc3ncc(Cl)cc32)c1O. The van der Waals surface area contributed by atoms with Crippen LogP contribution in [0, 0.1) is 0 Å². The maximum Gasteiger partial charge on any atom is 0.219 e. The lowest BCUT2D eigenvalue weighted by Crippen LogP contribution is -2.37. The molecule has 0 radical (unpaired) electrons. The number of hydrogen-bond acceptors (Lipinski definition) is 7. The fourth-order valence-electron chi connectivity index (χ4n) is 3.02. The molecule has 2 aliphatic heterocycles. The second-order valence-electron chi connectivity index (χ2n) is 6.35. The van der Waals surface area contributed by atoms with Gasteiger partial charge in [0.1, 0.15) is 5.69 Å². The molecular weight excluding hydrogens is 386 g/mol. The Kier molecular flexibility index (Phi) is 5.49. The van der Waals surface area contributed by atoms with Crippen LogP contribution in [0.4, 0.5) is 5.82 Å². The number of fused-ring (bicyclic) bond motifs is 1. The van der Waals surface area contributed by atoms with Crippen LogP contribution in [0.2, 0.25) is 5.02 Å². The summed E-state index contributed by atoms with van der Waals surface area (Å²) in [6.45, 7) is 4.52. The molecule has 7 nitrogen and oxygen atoms in total. The average Bonchev–Trinajstić information content (AvgIpc) is 3.19. The molecule has 4 heterocycles. The zero-order valence-electron chi connectivity index (χ0n) is 14.9. The molecule has 0 atom stereocenters. The van der Waals surface area contributed by atoms with Crippen LogP contribution >= 0.6 is 23.4 Å². The Morgan fingerprint density at radius 2 is 2.19 bits per heavy atom. The highest BCUT2D eigenvalue weighted by molar-refractivity contribution is 7.99. The van der Waals surface area contributed by atoms with E-state index in [-0.39, 0.29) is 5.88 Å². The highest BCUT2D eigenvalue weighted by Crippen LogP contribution is 2.34. The van der Waals surface area contributed by atoms with Gasteiger partial charge in [0, 0.05) is 56.0 Å². The molecule has 1 N–H and O–H groups in total. The lowest BCUT2D eigenvalue weighted by molar-refractivity contribution is 0.0410. The highest BCUT2D eigenvalue weighted by Gasteiger charge is 2.18. The van der Waals surface area contributed by atoms with Gasteiger partial charge in [-0.15, -0.1) is 0 Å². The predicted octanol–water partition coefficient (Wildman–Crippen LogP) is 2.85. The quantitative estimate of drug-likeness (QED) is 0.771. The Morgan fingerprint density at radius 3 is 3.00 bits per heavy atom. The van der Waals surface area contributed by atoms with Gasteiger partial charge in [-0.05, 0) is 12.1 Å². The van der Waals surface area contributed by atoms with Crippen molar-refractivity contribution in [1.82, 2.24) is 19.4 Å². The van der Waals surface area contributed by atoms with Crippen LogP contribution < -0.4 is 0 Å². The van der Waals surface area contributed by atoms with Crippen LogP contribution in [0.15, 0.2) is 22.4 Å². The van der Waals surface area contributed by atoms with Crippen LogP contribution in [-0.4, -0.2) is 69.4 Å². The first kappa shape index (κ1) is 18.5. The summed E-state index contributed by atoms with van der Waals surface area (Å²) in [4.78, 5) is 15.5. The molecule has 2 aliphatic rings. The molecule has 142 valence electrons. The number of nitrogens with zero attached hydrogens (tertiary/aromatic N) is 5. The van der Waals surface area contributed by atoms with Crippen LogP contribution in [0.25, 0.3) is 11.6 Å². The van der Waals surface area contributed by atoms with Gasteiger partial charge in [0.25, 0.3) is 0 Å². The van der Waals surface area contributed by atoms with Crippen LogP contribution in [0.5, 0.6) is 5.88 Å². The second kappa shape index (κ2) is 8.02. The number of halogens is 1. The summed E-state index contributed by atoms with van der Waals surface area (Å²) in [5.41, 5.74) is 2.19. The van der Waals surface area contributed by atoms with Crippen LogP contribution in [0.1, 0.15) is 11.3 Å². The molecule has 0 saturated carbocycles. The summed E-state index contributed by atoms with van der Waals surface area (Å²) in [6.07, 6.45) is 5.10. The van der Waals surface area contributed by atoms with Crippen molar-refractivity contribution in [2.24, 2.45) is 12.0 Å². The zero-order valence-corrected chi connectivity index (χ0v) is 16.5. The van der Waals surface area contributed by atoms with Gasteiger partial charge in [0.2, 0.25) is 5.88 Å². The van der Waals surface area contributed by atoms with Gasteiger partial charge >= 0.3 is 0 Å². The van der Waals surface area contributed by atoms with E-state index < -0.39 is 0 Å². The third-order valence-electron chi connectivity index (χ3n) is 4.55. The predicted molar refractivity (Wildman–Crippen MR) is 108 cm³/mol. The van der Waals surface area contributed by atoms with Crippen molar-refractivity contribution in [2.75, 3.05) is 38.6 Å². The number of rotatable bonds is 5. The Morgan fingerprint density at radius 1 is 1.37 bits per heavy atom. The van der Waals surface area contributed by atoms with Crippen LogP contribution in [-0.2, 0) is 11.8 Å². The zero-order chi connectivity index (χ0) is 18.8. The fourth-order valence-corrected chi connectivity index (χ4v) is 4.15. The number of aliphatic imine (C=N–C) groups is 1. The topological polar surface area (TPSA) is 75.8 Å². The van der Waals surface area contributed by atoms with Crippen molar-refractivity contribution in [3.05, 3.63) is 28.5 Å². The Hall–Kier alpha value is -1.87. The molecule has 9 heteroatoms. The van der Waals surface area contributed by atoms with E-state index in [0.717, 1.165) is 54.9 Å². The Labute approximate surface area is 166 Å².